The number of carbonyl (C=O) groups excluding carboxylic acids is 3. The molecule has 28 heavy (non-hydrogen) atoms. The van der Waals surface area contributed by atoms with E-state index in [0.717, 1.165) is 11.3 Å². The smallest absolute Gasteiger partial charge is 0.313 e. The van der Waals surface area contributed by atoms with Crippen molar-refractivity contribution in [2.75, 3.05) is 18.5 Å². The van der Waals surface area contributed by atoms with Crippen molar-refractivity contribution in [3.05, 3.63) is 59.7 Å². The molecule has 6 nitrogen and oxygen atoms in total. The highest BCUT2D eigenvalue weighted by molar-refractivity contribution is 5.99. The zero-order chi connectivity index (χ0) is 20.1. The number of hydrogen-bond acceptors (Lipinski definition) is 5. The van der Waals surface area contributed by atoms with Crippen molar-refractivity contribution in [1.82, 2.24) is 0 Å². The fourth-order valence-corrected chi connectivity index (χ4v) is 2.84. The van der Waals surface area contributed by atoms with E-state index in [2.05, 4.69) is 5.32 Å². The van der Waals surface area contributed by atoms with Crippen LogP contribution >= 0.6 is 0 Å². The molecule has 1 heterocycles. The summed E-state index contributed by atoms with van der Waals surface area (Å²) in [6, 6.07) is 14.1. The summed E-state index contributed by atoms with van der Waals surface area (Å²) in [5.41, 5.74) is 1.99. The largest absolute Gasteiger partial charge is 0.492 e. The number of Topliss-reactive ketones (excluding diaryl/α,β-unsaturated/α-hetero) is 1. The van der Waals surface area contributed by atoms with Crippen molar-refractivity contribution < 1.29 is 23.9 Å². The highest BCUT2D eigenvalue weighted by Crippen LogP contribution is 2.27. The van der Waals surface area contributed by atoms with Gasteiger partial charge in [0, 0.05) is 17.2 Å². The molecule has 0 radical (unpaired) electrons. The van der Waals surface area contributed by atoms with Crippen LogP contribution in [0.3, 0.4) is 0 Å². The Kier molecular flexibility index (Phi) is 6.09. The molecule has 1 amide bonds. The SMILES string of the molecule is CC(C)C(=O)Nc1ccc(C(=O)COC(=O)C2COc3ccccc3C2)cc1. The quantitative estimate of drug-likeness (QED) is 0.614. The van der Waals surface area contributed by atoms with Gasteiger partial charge in [-0.3, -0.25) is 14.4 Å². The van der Waals surface area contributed by atoms with E-state index in [1.807, 2.05) is 24.3 Å². The first-order valence-corrected chi connectivity index (χ1v) is 9.25. The van der Waals surface area contributed by atoms with Gasteiger partial charge < -0.3 is 14.8 Å². The first-order chi connectivity index (χ1) is 13.4. The van der Waals surface area contributed by atoms with Crippen LogP contribution < -0.4 is 10.1 Å². The number of para-hydroxylation sites is 1. The van der Waals surface area contributed by atoms with Crippen LogP contribution in [0.15, 0.2) is 48.5 Å². The second kappa shape index (κ2) is 8.69. The average molecular weight is 381 g/mol. The second-order valence-electron chi connectivity index (χ2n) is 7.07. The van der Waals surface area contributed by atoms with Gasteiger partial charge in [0.2, 0.25) is 5.91 Å². The van der Waals surface area contributed by atoms with Crippen LogP contribution in [0.25, 0.3) is 0 Å². The van der Waals surface area contributed by atoms with E-state index in [9.17, 15) is 14.4 Å². The van der Waals surface area contributed by atoms with Crippen molar-refractivity contribution in [3.63, 3.8) is 0 Å². The summed E-state index contributed by atoms with van der Waals surface area (Å²) < 4.78 is 10.8. The number of ether oxygens (including phenoxy) is 2. The highest BCUT2D eigenvalue weighted by Gasteiger charge is 2.27. The highest BCUT2D eigenvalue weighted by atomic mass is 16.5. The monoisotopic (exact) mass is 381 g/mol. The number of rotatable bonds is 6. The molecule has 0 spiro atoms. The first kappa shape index (κ1) is 19.6. The van der Waals surface area contributed by atoms with Crippen LogP contribution in [-0.2, 0) is 20.7 Å². The minimum atomic E-state index is -0.441. The Hall–Kier alpha value is -3.15. The molecule has 1 N–H and O–H groups in total. The molecule has 0 saturated carbocycles. The standard InChI is InChI=1S/C22H23NO5/c1-14(2)21(25)23-18-9-7-15(8-10-18)19(24)13-28-22(26)17-11-16-5-3-4-6-20(16)27-12-17/h3-10,14,17H,11-13H2,1-2H3,(H,23,25). The number of fused-ring (bicyclic) bond motifs is 1. The van der Waals surface area contributed by atoms with Gasteiger partial charge in [-0.05, 0) is 42.3 Å². The molecule has 6 heteroatoms. The molecule has 1 aliphatic rings. The lowest BCUT2D eigenvalue weighted by Crippen LogP contribution is -2.31. The maximum atomic E-state index is 12.3. The Morgan fingerprint density at radius 1 is 1.11 bits per heavy atom. The Morgan fingerprint density at radius 2 is 1.82 bits per heavy atom. The fraction of sp³-hybridized carbons (Fsp3) is 0.318. The summed E-state index contributed by atoms with van der Waals surface area (Å²) in [6.07, 6.45) is 0.535. The zero-order valence-corrected chi connectivity index (χ0v) is 15.9. The van der Waals surface area contributed by atoms with Crippen LogP contribution in [0.2, 0.25) is 0 Å². The van der Waals surface area contributed by atoms with Gasteiger partial charge in [0.1, 0.15) is 12.4 Å². The average Bonchev–Trinajstić information content (AvgIpc) is 2.71. The predicted octanol–water partition coefficient (Wildman–Crippen LogP) is 3.26. The summed E-state index contributed by atoms with van der Waals surface area (Å²) in [4.78, 5) is 36.2. The van der Waals surface area contributed by atoms with Crippen LogP contribution in [0, 0.1) is 11.8 Å². The lowest BCUT2D eigenvalue weighted by molar-refractivity contribution is -0.148. The van der Waals surface area contributed by atoms with Crippen LogP contribution in [-0.4, -0.2) is 30.9 Å². The van der Waals surface area contributed by atoms with E-state index in [4.69, 9.17) is 9.47 Å². The molecule has 0 saturated heterocycles. The third-order valence-electron chi connectivity index (χ3n) is 4.56. The summed E-state index contributed by atoms with van der Waals surface area (Å²) in [7, 11) is 0. The summed E-state index contributed by atoms with van der Waals surface area (Å²) in [5, 5.41) is 2.76. The van der Waals surface area contributed by atoms with Crippen LogP contribution in [0.5, 0.6) is 5.75 Å². The van der Waals surface area contributed by atoms with E-state index in [0.29, 0.717) is 17.7 Å². The molecule has 1 aliphatic heterocycles. The second-order valence-corrected chi connectivity index (χ2v) is 7.07. The van der Waals surface area contributed by atoms with Gasteiger partial charge in [0.05, 0.1) is 5.92 Å². The minimum Gasteiger partial charge on any atom is -0.492 e. The Morgan fingerprint density at radius 3 is 2.54 bits per heavy atom. The van der Waals surface area contributed by atoms with Crippen molar-refractivity contribution in [2.24, 2.45) is 11.8 Å². The third-order valence-corrected chi connectivity index (χ3v) is 4.56. The number of carbonyl (C=O) groups is 3. The van der Waals surface area contributed by atoms with Gasteiger partial charge >= 0.3 is 5.97 Å². The summed E-state index contributed by atoms with van der Waals surface area (Å²) >= 11 is 0. The molecule has 0 fully saturated rings. The van der Waals surface area contributed by atoms with Gasteiger partial charge in [-0.2, -0.15) is 0 Å². The molecule has 2 aromatic rings. The van der Waals surface area contributed by atoms with E-state index in [-0.39, 0.29) is 30.8 Å². The van der Waals surface area contributed by atoms with E-state index < -0.39 is 11.9 Å². The Labute approximate surface area is 163 Å². The minimum absolute atomic E-state index is 0.0933. The maximum absolute atomic E-state index is 12.3. The predicted molar refractivity (Wildman–Crippen MR) is 104 cm³/mol. The molecule has 1 atom stereocenters. The number of nitrogens with one attached hydrogen (secondary N) is 1. The Bertz CT molecular complexity index is 873. The van der Waals surface area contributed by atoms with Crippen LogP contribution in [0.4, 0.5) is 5.69 Å². The van der Waals surface area contributed by atoms with Gasteiger partial charge in [0.25, 0.3) is 0 Å². The first-order valence-electron chi connectivity index (χ1n) is 9.25. The molecule has 0 bridgehead atoms. The molecule has 0 aliphatic carbocycles. The van der Waals surface area contributed by atoms with Crippen molar-refractivity contribution in [3.8, 4) is 5.75 Å². The molecule has 3 rings (SSSR count). The number of anilines is 1. The number of amides is 1. The number of benzene rings is 2. The molecule has 146 valence electrons. The summed E-state index contributed by atoms with van der Waals surface area (Å²) in [5.74, 6) is -0.597. The maximum Gasteiger partial charge on any atom is 0.313 e. The molecule has 2 aromatic carbocycles. The fourth-order valence-electron chi connectivity index (χ4n) is 2.84. The normalized spacial score (nSPS) is 15.3. The number of ketones is 1. The third kappa shape index (κ3) is 4.76. The van der Waals surface area contributed by atoms with Gasteiger partial charge in [-0.1, -0.05) is 32.0 Å². The number of esters is 1. The van der Waals surface area contributed by atoms with Gasteiger partial charge in [0.15, 0.2) is 12.4 Å². The van der Waals surface area contributed by atoms with Crippen molar-refractivity contribution in [2.45, 2.75) is 20.3 Å². The van der Waals surface area contributed by atoms with E-state index in [1.54, 1.807) is 38.1 Å². The van der Waals surface area contributed by atoms with E-state index >= 15 is 0 Å². The van der Waals surface area contributed by atoms with Crippen molar-refractivity contribution in [1.29, 1.82) is 0 Å². The van der Waals surface area contributed by atoms with Crippen LogP contribution in [0.1, 0.15) is 29.8 Å². The Balaban J connectivity index is 1.51. The molecule has 0 aromatic heterocycles. The zero-order valence-electron chi connectivity index (χ0n) is 15.9. The molecular formula is C22H23NO5. The molecular weight excluding hydrogens is 358 g/mol. The summed E-state index contributed by atoms with van der Waals surface area (Å²) in [6.45, 7) is 3.53. The van der Waals surface area contributed by atoms with Gasteiger partial charge in [-0.15, -0.1) is 0 Å². The molecule has 1 unspecified atom stereocenters. The van der Waals surface area contributed by atoms with Crippen molar-refractivity contribution >= 4 is 23.3 Å². The van der Waals surface area contributed by atoms with E-state index in [1.165, 1.54) is 0 Å². The number of hydrogen-bond donors (Lipinski definition) is 1. The topological polar surface area (TPSA) is 81.7 Å². The lowest BCUT2D eigenvalue weighted by atomic mass is 9.97. The lowest BCUT2D eigenvalue weighted by Gasteiger charge is -2.23. The van der Waals surface area contributed by atoms with Gasteiger partial charge in [-0.25, -0.2) is 0 Å².